The van der Waals surface area contributed by atoms with E-state index in [-0.39, 0.29) is 11.7 Å². The van der Waals surface area contributed by atoms with Crippen molar-refractivity contribution >= 4 is 17.7 Å². The van der Waals surface area contributed by atoms with E-state index in [9.17, 15) is 4.79 Å². The molecule has 0 radical (unpaired) electrons. The molecule has 1 heterocycles. The summed E-state index contributed by atoms with van der Waals surface area (Å²) in [4.78, 5) is 11.5. The molecule has 0 fully saturated rings. The third-order valence-corrected chi connectivity index (χ3v) is 3.36. The zero-order chi connectivity index (χ0) is 14.8. The van der Waals surface area contributed by atoms with Crippen molar-refractivity contribution in [2.24, 2.45) is 0 Å². The van der Waals surface area contributed by atoms with Crippen molar-refractivity contribution in [3.05, 3.63) is 0 Å². The van der Waals surface area contributed by atoms with E-state index in [0.717, 1.165) is 12.8 Å². The largest absolute Gasteiger partial charge is 0.465 e. The van der Waals surface area contributed by atoms with Crippen LogP contribution in [0, 0.1) is 0 Å². The van der Waals surface area contributed by atoms with Crippen LogP contribution in [0.1, 0.15) is 19.8 Å². The van der Waals surface area contributed by atoms with Gasteiger partial charge in [0, 0.05) is 14.2 Å². The van der Waals surface area contributed by atoms with Crippen LogP contribution < -0.4 is 0 Å². The van der Waals surface area contributed by atoms with Gasteiger partial charge in [0.2, 0.25) is 5.16 Å². The van der Waals surface area contributed by atoms with E-state index in [1.807, 2.05) is 6.92 Å². The van der Waals surface area contributed by atoms with Crippen LogP contribution in [0.4, 0.5) is 0 Å². The number of carbonyl (C=O) groups excluding carboxylic acids is 1. The second-order valence-electron chi connectivity index (χ2n) is 3.91. The minimum absolute atomic E-state index is 0.175. The molecule has 8 nitrogen and oxygen atoms in total. The normalized spacial score (nSPS) is 11.0. The van der Waals surface area contributed by atoms with Gasteiger partial charge in [-0.05, 0) is 16.8 Å². The lowest BCUT2D eigenvalue weighted by molar-refractivity contribution is -0.140. The maximum Gasteiger partial charge on any atom is 0.316 e. The summed E-state index contributed by atoms with van der Waals surface area (Å²) >= 11 is 1.22. The quantitative estimate of drug-likeness (QED) is 0.270. The molecule has 114 valence electrons. The molecule has 0 bridgehead atoms. The number of methoxy groups -OCH3 is 2. The molecule has 0 spiro atoms. The number of nitrogens with zero attached hydrogens (tertiary/aromatic N) is 4. The predicted octanol–water partition coefficient (Wildman–Crippen LogP) is 0.727. The Morgan fingerprint density at radius 3 is 2.80 bits per heavy atom. The Morgan fingerprint density at radius 2 is 2.15 bits per heavy atom. The first-order valence-corrected chi connectivity index (χ1v) is 7.30. The highest BCUT2D eigenvalue weighted by Gasteiger charge is 2.14. The SMILES string of the molecule is CCCCOC(=O)CSc1nnnn1CC(OC)OC. The van der Waals surface area contributed by atoms with Gasteiger partial charge in [-0.25, -0.2) is 4.68 Å². The highest BCUT2D eigenvalue weighted by Crippen LogP contribution is 2.14. The number of ether oxygens (including phenoxy) is 3. The van der Waals surface area contributed by atoms with Gasteiger partial charge in [0.25, 0.3) is 0 Å². The van der Waals surface area contributed by atoms with E-state index in [4.69, 9.17) is 14.2 Å². The van der Waals surface area contributed by atoms with Crippen LogP contribution in [0.15, 0.2) is 5.16 Å². The zero-order valence-corrected chi connectivity index (χ0v) is 12.8. The van der Waals surface area contributed by atoms with Crippen LogP contribution in [0.2, 0.25) is 0 Å². The molecule has 0 N–H and O–H groups in total. The van der Waals surface area contributed by atoms with Gasteiger partial charge in [-0.1, -0.05) is 25.1 Å². The lowest BCUT2D eigenvalue weighted by Gasteiger charge is -2.13. The number of carbonyl (C=O) groups is 1. The van der Waals surface area contributed by atoms with Gasteiger partial charge in [-0.3, -0.25) is 4.79 Å². The minimum atomic E-state index is -0.436. The van der Waals surface area contributed by atoms with E-state index in [2.05, 4.69) is 15.5 Å². The molecule has 20 heavy (non-hydrogen) atoms. The first-order valence-electron chi connectivity index (χ1n) is 6.31. The molecule has 0 aliphatic heterocycles. The maximum absolute atomic E-state index is 11.5. The third-order valence-electron chi connectivity index (χ3n) is 2.43. The molecule has 0 aromatic carbocycles. The Balaban J connectivity index is 2.40. The molecule has 0 saturated carbocycles. The average Bonchev–Trinajstić information content (AvgIpc) is 2.90. The summed E-state index contributed by atoms with van der Waals surface area (Å²) in [5.41, 5.74) is 0. The van der Waals surface area contributed by atoms with Crippen molar-refractivity contribution in [3.63, 3.8) is 0 Å². The molecule has 0 amide bonds. The molecule has 0 atom stereocenters. The van der Waals surface area contributed by atoms with Gasteiger partial charge in [0.05, 0.1) is 18.9 Å². The molecule has 1 aromatic rings. The molecular formula is C11H20N4O4S. The smallest absolute Gasteiger partial charge is 0.316 e. The summed E-state index contributed by atoms with van der Waals surface area (Å²) in [5, 5.41) is 11.8. The van der Waals surface area contributed by atoms with E-state index in [1.54, 1.807) is 0 Å². The molecular weight excluding hydrogens is 284 g/mol. The first kappa shape index (κ1) is 16.9. The van der Waals surface area contributed by atoms with E-state index < -0.39 is 6.29 Å². The Labute approximate surface area is 122 Å². The summed E-state index contributed by atoms with van der Waals surface area (Å²) in [5.74, 6) is -0.0950. The van der Waals surface area contributed by atoms with Crippen LogP contribution in [0.5, 0.6) is 0 Å². The summed E-state index contributed by atoms with van der Waals surface area (Å²) in [6.45, 7) is 2.85. The number of tetrazole rings is 1. The number of hydrogen-bond acceptors (Lipinski definition) is 8. The Kier molecular flexibility index (Phi) is 8.16. The van der Waals surface area contributed by atoms with E-state index >= 15 is 0 Å². The molecule has 0 aliphatic rings. The maximum atomic E-state index is 11.5. The van der Waals surface area contributed by atoms with Crippen LogP contribution in [-0.4, -0.2) is 59.0 Å². The monoisotopic (exact) mass is 304 g/mol. The second-order valence-corrected chi connectivity index (χ2v) is 4.85. The van der Waals surface area contributed by atoms with Crippen LogP contribution in [0.25, 0.3) is 0 Å². The molecule has 0 saturated heterocycles. The standard InChI is InChI=1S/C11H20N4O4S/c1-4-5-6-19-9(16)8-20-11-12-13-14-15(11)7-10(17-2)18-3/h10H,4-8H2,1-3H3. The number of aromatic nitrogens is 4. The van der Waals surface area contributed by atoms with Crippen molar-refractivity contribution in [2.75, 3.05) is 26.6 Å². The molecule has 1 aromatic heterocycles. The molecule has 0 unspecified atom stereocenters. The van der Waals surface area contributed by atoms with Crippen molar-refractivity contribution in [1.82, 2.24) is 20.2 Å². The van der Waals surface area contributed by atoms with Gasteiger partial charge >= 0.3 is 5.97 Å². The number of rotatable bonds is 10. The lowest BCUT2D eigenvalue weighted by Crippen LogP contribution is -2.22. The highest BCUT2D eigenvalue weighted by atomic mass is 32.2. The number of unbranched alkanes of at least 4 members (excludes halogenated alkanes) is 1. The minimum Gasteiger partial charge on any atom is -0.465 e. The topological polar surface area (TPSA) is 88.4 Å². The van der Waals surface area contributed by atoms with Gasteiger partial charge in [-0.2, -0.15) is 0 Å². The zero-order valence-electron chi connectivity index (χ0n) is 11.9. The summed E-state index contributed by atoms with van der Waals surface area (Å²) in [6.07, 6.45) is 1.43. The Morgan fingerprint density at radius 1 is 1.40 bits per heavy atom. The lowest BCUT2D eigenvalue weighted by atomic mass is 10.4. The van der Waals surface area contributed by atoms with Crippen LogP contribution in [0.3, 0.4) is 0 Å². The summed E-state index contributed by atoms with van der Waals surface area (Å²) in [6, 6.07) is 0. The third kappa shape index (κ3) is 5.85. The predicted molar refractivity (Wildman–Crippen MR) is 72.2 cm³/mol. The molecule has 1 rings (SSSR count). The highest BCUT2D eigenvalue weighted by molar-refractivity contribution is 7.99. The van der Waals surface area contributed by atoms with Crippen molar-refractivity contribution < 1.29 is 19.0 Å². The first-order chi connectivity index (χ1) is 9.71. The fraction of sp³-hybridized carbons (Fsp3) is 0.818. The summed E-state index contributed by atoms with van der Waals surface area (Å²) in [7, 11) is 3.08. The average molecular weight is 304 g/mol. The van der Waals surface area contributed by atoms with Crippen molar-refractivity contribution in [3.8, 4) is 0 Å². The van der Waals surface area contributed by atoms with E-state index in [1.165, 1.54) is 30.7 Å². The van der Waals surface area contributed by atoms with Gasteiger partial charge in [-0.15, -0.1) is 5.10 Å². The second kappa shape index (κ2) is 9.67. The number of esters is 1. The van der Waals surface area contributed by atoms with Gasteiger partial charge < -0.3 is 14.2 Å². The van der Waals surface area contributed by atoms with Gasteiger partial charge in [0.1, 0.15) is 0 Å². The summed E-state index contributed by atoms with van der Waals surface area (Å²) < 4.78 is 16.7. The van der Waals surface area contributed by atoms with Crippen LogP contribution in [-0.2, 0) is 25.5 Å². The Hall–Kier alpha value is -1.19. The fourth-order valence-corrected chi connectivity index (χ4v) is 1.98. The number of thioether (sulfide) groups is 1. The fourth-order valence-electron chi connectivity index (χ4n) is 1.30. The van der Waals surface area contributed by atoms with E-state index in [0.29, 0.717) is 18.3 Å². The van der Waals surface area contributed by atoms with Crippen LogP contribution >= 0.6 is 11.8 Å². The van der Waals surface area contributed by atoms with Gasteiger partial charge in [0.15, 0.2) is 6.29 Å². The molecule has 0 aliphatic carbocycles. The molecule has 9 heteroatoms. The van der Waals surface area contributed by atoms with Crippen molar-refractivity contribution in [2.45, 2.75) is 37.8 Å². The Bertz CT molecular complexity index is 398. The number of hydrogen-bond donors (Lipinski definition) is 0. The van der Waals surface area contributed by atoms with Crippen molar-refractivity contribution in [1.29, 1.82) is 0 Å².